The third kappa shape index (κ3) is 4.55. The highest BCUT2D eigenvalue weighted by Gasteiger charge is 2.36. The molecule has 192 valence electrons. The van der Waals surface area contributed by atoms with Crippen molar-refractivity contribution in [3.05, 3.63) is 75.1 Å². The van der Waals surface area contributed by atoms with Gasteiger partial charge in [-0.05, 0) is 86.0 Å². The fraction of sp³-hybridized carbons (Fsp3) is 0.414. The van der Waals surface area contributed by atoms with E-state index in [9.17, 15) is 9.59 Å². The van der Waals surface area contributed by atoms with Crippen LogP contribution in [0.25, 0.3) is 5.69 Å². The number of aromatic nitrogens is 2. The second-order valence-electron chi connectivity index (χ2n) is 10.5. The minimum absolute atomic E-state index is 0.138. The third-order valence-electron chi connectivity index (χ3n) is 7.88. The maximum Gasteiger partial charge on any atom is 0.277 e. The molecule has 1 N–H and O–H groups in total. The van der Waals surface area contributed by atoms with E-state index in [-0.39, 0.29) is 11.8 Å². The number of hydrogen-bond donors (Lipinski definition) is 1. The summed E-state index contributed by atoms with van der Waals surface area (Å²) in [6.07, 6.45) is 3.90. The quantitative estimate of drug-likeness (QED) is 0.520. The summed E-state index contributed by atoms with van der Waals surface area (Å²) >= 11 is 6.29. The number of nitrogens with one attached hydrogen (secondary N) is 1. The van der Waals surface area contributed by atoms with Gasteiger partial charge in [0.05, 0.1) is 5.69 Å². The van der Waals surface area contributed by atoms with E-state index in [4.69, 9.17) is 11.6 Å². The zero-order chi connectivity index (χ0) is 25.7. The number of nitrogens with zero attached hydrogens (tertiary/aromatic N) is 4. The Hall–Kier alpha value is -3.16. The van der Waals surface area contributed by atoms with Crippen LogP contribution < -0.4 is 10.2 Å². The van der Waals surface area contributed by atoms with Gasteiger partial charge in [0, 0.05) is 42.5 Å². The van der Waals surface area contributed by atoms with Gasteiger partial charge in [-0.2, -0.15) is 5.10 Å². The standard InChI is InChI=1S/C29H32ClN5O2/c1-3-33-11-9-20-13-18(2)25(14-21(20)17-33)34-12-10-24-26(28(36)31-16-19-7-8-19)32-35(27(24)29(34)37)23-6-4-5-22(30)15-23/h4-6,13-15,19H,3,7-12,16-17H2,1-2H3,(H,31,36). The number of carbonyl (C=O) groups excluding carboxylic acids is 2. The van der Waals surface area contributed by atoms with Gasteiger partial charge in [0.1, 0.15) is 5.69 Å². The van der Waals surface area contributed by atoms with Crippen molar-refractivity contribution in [3.63, 3.8) is 0 Å². The van der Waals surface area contributed by atoms with Crippen molar-refractivity contribution in [1.29, 1.82) is 0 Å². The van der Waals surface area contributed by atoms with Crippen LogP contribution in [0.4, 0.5) is 5.69 Å². The van der Waals surface area contributed by atoms with Gasteiger partial charge in [-0.25, -0.2) is 4.68 Å². The Balaban J connectivity index is 1.40. The third-order valence-corrected chi connectivity index (χ3v) is 8.12. The van der Waals surface area contributed by atoms with Crippen LogP contribution in [-0.2, 0) is 19.4 Å². The lowest BCUT2D eigenvalue weighted by molar-refractivity contribution is 0.0945. The van der Waals surface area contributed by atoms with Gasteiger partial charge in [-0.1, -0.05) is 30.7 Å². The maximum atomic E-state index is 14.1. The van der Waals surface area contributed by atoms with Crippen molar-refractivity contribution in [1.82, 2.24) is 20.0 Å². The summed E-state index contributed by atoms with van der Waals surface area (Å²) in [4.78, 5) is 31.6. The Kier molecular flexibility index (Phi) is 6.29. The number of benzene rings is 2. The number of fused-ring (bicyclic) bond motifs is 2. The molecule has 3 heterocycles. The normalized spacial score (nSPS) is 17.5. The van der Waals surface area contributed by atoms with Crippen LogP contribution in [0.3, 0.4) is 0 Å². The molecule has 6 rings (SSSR count). The van der Waals surface area contributed by atoms with Crippen molar-refractivity contribution < 1.29 is 9.59 Å². The molecular formula is C29H32ClN5O2. The molecule has 0 spiro atoms. The molecule has 3 aliphatic rings. The molecule has 2 amide bonds. The molecule has 1 aromatic heterocycles. The van der Waals surface area contributed by atoms with Crippen LogP contribution in [-0.4, -0.2) is 52.7 Å². The van der Waals surface area contributed by atoms with E-state index < -0.39 is 0 Å². The molecule has 0 radical (unpaired) electrons. The number of rotatable bonds is 6. The number of carbonyl (C=O) groups is 2. The van der Waals surface area contributed by atoms with Crippen LogP contribution >= 0.6 is 11.6 Å². The molecule has 2 aromatic carbocycles. The second kappa shape index (κ2) is 9.62. The number of hydrogen-bond acceptors (Lipinski definition) is 4. The Labute approximate surface area is 222 Å². The molecule has 0 atom stereocenters. The lowest BCUT2D eigenvalue weighted by Gasteiger charge is -2.32. The smallest absolute Gasteiger partial charge is 0.277 e. The van der Waals surface area contributed by atoms with Gasteiger partial charge >= 0.3 is 0 Å². The number of amides is 2. The summed E-state index contributed by atoms with van der Waals surface area (Å²) in [5.41, 5.74) is 6.85. The summed E-state index contributed by atoms with van der Waals surface area (Å²) in [6.45, 7) is 8.41. The highest BCUT2D eigenvalue weighted by Crippen LogP contribution is 2.34. The molecule has 0 bridgehead atoms. The summed E-state index contributed by atoms with van der Waals surface area (Å²) in [5.74, 6) is 0.207. The number of anilines is 1. The van der Waals surface area contributed by atoms with Crippen molar-refractivity contribution in [2.45, 2.75) is 46.1 Å². The van der Waals surface area contributed by atoms with E-state index in [1.807, 2.05) is 17.0 Å². The van der Waals surface area contributed by atoms with Gasteiger partial charge in [-0.3, -0.25) is 14.5 Å². The molecule has 1 saturated carbocycles. The molecule has 8 heteroatoms. The van der Waals surface area contributed by atoms with Gasteiger partial charge in [-0.15, -0.1) is 0 Å². The fourth-order valence-electron chi connectivity index (χ4n) is 5.55. The molecule has 37 heavy (non-hydrogen) atoms. The van der Waals surface area contributed by atoms with Crippen molar-refractivity contribution in [2.75, 3.05) is 31.1 Å². The predicted octanol–water partition coefficient (Wildman–Crippen LogP) is 4.55. The van der Waals surface area contributed by atoms with E-state index in [1.54, 1.807) is 16.8 Å². The Bertz CT molecular complexity index is 1390. The van der Waals surface area contributed by atoms with Crippen molar-refractivity contribution >= 4 is 29.1 Å². The van der Waals surface area contributed by atoms with Crippen LogP contribution in [0.5, 0.6) is 0 Å². The number of aryl methyl sites for hydroxylation is 1. The van der Waals surface area contributed by atoms with Gasteiger partial charge < -0.3 is 10.2 Å². The number of halogens is 1. The van der Waals surface area contributed by atoms with E-state index in [1.165, 1.54) is 11.1 Å². The first-order chi connectivity index (χ1) is 17.9. The first-order valence-electron chi connectivity index (χ1n) is 13.3. The lowest BCUT2D eigenvalue weighted by atomic mass is 9.94. The minimum Gasteiger partial charge on any atom is -0.350 e. The summed E-state index contributed by atoms with van der Waals surface area (Å²) < 4.78 is 1.61. The molecule has 3 aromatic rings. The highest BCUT2D eigenvalue weighted by atomic mass is 35.5. The lowest BCUT2D eigenvalue weighted by Crippen LogP contribution is -2.40. The fourth-order valence-corrected chi connectivity index (χ4v) is 5.73. The average molecular weight is 518 g/mol. The Morgan fingerprint density at radius 3 is 2.73 bits per heavy atom. The van der Waals surface area contributed by atoms with Crippen LogP contribution in [0, 0.1) is 12.8 Å². The molecule has 7 nitrogen and oxygen atoms in total. The Morgan fingerprint density at radius 1 is 1.14 bits per heavy atom. The first-order valence-corrected chi connectivity index (χ1v) is 13.6. The molecule has 1 fully saturated rings. The SMILES string of the molecule is CCN1CCc2cc(C)c(N3CCc4c(C(=O)NCC5CC5)nn(-c5cccc(Cl)c5)c4C3=O)cc2C1. The zero-order valence-corrected chi connectivity index (χ0v) is 22.1. The first kappa shape index (κ1) is 24.2. The largest absolute Gasteiger partial charge is 0.350 e. The summed E-state index contributed by atoms with van der Waals surface area (Å²) in [6, 6.07) is 11.7. The van der Waals surface area contributed by atoms with E-state index in [2.05, 4.69) is 41.3 Å². The van der Waals surface area contributed by atoms with E-state index in [0.29, 0.717) is 53.1 Å². The van der Waals surface area contributed by atoms with Gasteiger partial charge in [0.25, 0.3) is 11.8 Å². The van der Waals surface area contributed by atoms with Gasteiger partial charge in [0.2, 0.25) is 0 Å². The molecular weight excluding hydrogens is 486 g/mol. The van der Waals surface area contributed by atoms with Crippen molar-refractivity contribution in [2.24, 2.45) is 5.92 Å². The summed E-state index contributed by atoms with van der Waals surface area (Å²) in [7, 11) is 0. The van der Waals surface area contributed by atoms with Crippen LogP contribution in [0.2, 0.25) is 5.02 Å². The van der Waals surface area contributed by atoms with Crippen LogP contribution in [0.15, 0.2) is 36.4 Å². The second-order valence-corrected chi connectivity index (χ2v) is 10.9. The summed E-state index contributed by atoms with van der Waals surface area (Å²) in [5, 5.41) is 8.26. The number of likely N-dealkylation sites (N-methyl/N-ethyl adjacent to an activating group) is 1. The van der Waals surface area contributed by atoms with E-state index >= 15 is 0 Å². The average Bonchev–Trinajstić information content (AvgIpc) is 3.65. The molecule has 0 unspecified atom stereocenters. The van der Waals surface area contributed by atoms with Crippen LogP contribution in [0.1, 0.15) is 63.0 Å². The van der Waals surface area contributed by atoms with Crippen molar-refractivity contribution in [3.8, 4) is 5.69 Å². The maximum absolute atomic E-state index is 14.1. The van der Waals surface area contributed by atoms with E-state index in [0.717, 1.165) is 50.1 Å². The highest BCUT2D eigenvalue weighted by molar-refractivity contribution is 6.30. The molecule has 0 saturated heterocycles. The topological polar surface area (TPSA) is 70.5 Å². The molecule has 1 aliphatic carbocycles. The predicted molar refractivity (Wildman–Crippen MR) is 145 cm³/mol. The Morgan fingerprint density at radius 2 is 1.97 bits per heavy atom. The minimum atomic E-state index is -0.213. The monoisotopic (exact) mass is 517 g/mol. The molecule has 2 aliphatic heterocycles. The van der Waals surface area contributed by atoms with Gasteiger partial charge in [0.15, 0.2) is 5.69 Å². The zero-order valence-electron chi connectivity index (χ0n) is 21.4.